The van der Waals surface area contributed by atoms with Crippen molar-refractivity contribution in [2.45, 2.75) is 39.8 Å². The maximum atomic E-state index is 11.2. The van der Waals surface area contributed by atoms with Crippen molar-refractivity contribution in [1.82, 2.24) is 20.2 Å². The van der Waals surface area contributed by atoms with Crippen molar-refractivity contribution in [3.05, 3.63) is 30.1 Å². The van der Waals surface area contributed by atoms with Gasteiger partial charge in [-0.05, 0) is 29.0 Å². The fraction of sp³-hybridized carbons (Fsp3) is 0.429. The molecule has 0 spiro atoms. The minimum absolute atomic E-state index is 0.140. The van der Waals surface area contributed by atoms with Crippen LogP contribution >= 0.6 is 0 Å². The number of aryl methyl sites for hydroxylation is 1. The predicted octanol–water partition coefficient (Wildman–Crippen LogP) is 2.01. The number of benzene rings is 1. The van der Waals surface area contributed by atoms with Gasteiger partial charge in [-0.15, -0.1) is 5.10 Å². The van der Waals surface area contributed by atoms with Gasteiger partial charge in [0.2, 0.25) is 5.91 Å². The van der Waals surface area contributed by atoms with Crippen molar-refractivity contribution in [2.24, 2.45) is 0 Å². The Bertz CT molecular complexity index is 597. The predicted molar refractivity (Wildman–Crippen MR) is 77.8 cm³/mol. The maximum Gasteiger partial charge on any atom is 0.221 e. The molecule has 0 saturated heterocycles. The number of para-hydroxylation sites is 2. The third-order valence-electron chi connectivity index (χ3n) is 2.88. The van der Waals surface area contributed by atoms with Crippen LogP contribution in [0.1, 0.15) is 32.5 Å². The summed E-state index contributed by atoms with van der Waals surface area (Å²) in [6.45, 7) is 4.61. The normalized spacial score (nSPS) is 10.4. The maximum absolute atomic E-state index is 11.2. The summed E-state index contributed by atoms with van der Waals surface area (Å²) in [6, 6.07) is 7.27. The molecule has 2 rings (SSSR count). The van der Waals surface area contributed by atoms with Gasteiger partial charge >= 0.3 is 0 Å². The van der Waals surface area contributed by atoms with Crippen LogP contribution in [-0.2, 0) is 17.9 Å². The number of amides is 1. The summed E-state index contributed by atoms with van der Waals surface area (Å²) in [6.07, 6.45) is 2.09. The van der Waals surface area contributed by atoms with Crippen molar-refractivity contribution >= 4 is 11.6 Å². The number of nitrogens with one attached hydrogen (secondary N) is 1. The summed E-state index contributed by atoms with van der Waals surface area (Å²) in [5, 5.41) is 14.3. The molecule has 0 radical (unpaired) electrons. The van der Waals surface area contributed by atoms with Gasteiger partial charge in [0.05, 0.1) is 5.69 Å². The molecule has 1 aromatic heterocycles. The van der Waals surface area contributed by atoms with E-state index in [-0.39, 0.29) is 12.5 Å². The minimum Gasteiger partial charge on any atom is -0.483 e. The zero-order valence-electron chi connectivity index (χ0n) is 12.2. The van der Waals surface area contributed by atoms with E-state index in [1.165, 1.54) is 6.92 Å². The van der Waals surface area contributed by atoms with Gasteiger partial charge in [-0.3, -0.25) is 4.79 Å². The highest BCUT2D eigenvalue weighted by atomic mass is 16.5. The topological polar surface area (TPSA) is 81.9 Å². The Kier molecular flexibility index (Phi) is 5.25. The van der Waals surface area contributed by atoms with E-state index in [4.69, 9.17) is 4.74 Å². The average molecular weight is 289 g/mol. The molecule has 1 heterocycles. The van der Waals surface area contributed by atoms with Gasteiger partial charge in [0.15, 0.2) is 5.82 Å². The summed E-state index contributed by atoms with van der Waals surface area (Å²) in [5.74, 6) is 1.12. The second kappa shape index (κ2) is 7.37. The van der Waals surface area contributed by atoms with Crippen molar-refractivity contribution in [2.75, 3.05) is 5.32 Å². The number of anilines is 1. The third kappa shape index (κ3) is 4.27. The number of aromatic nitrogens is 4. The van der Waals surface area contributed by atoms with Crippen molar-refractivity contribution in [3.63, 3.8) is 0 Å². The largest absolute Gasteiger partial charge is 0.483 e. The summed E-state index contributed by atoms with van der Waals surface area (Å²) in [4.78, 5) is 11.2. The first kappa shape index (κ1) is 15.0. The third-order valence-corrected chi connectivity index (χ3v) is 2.88. The lowest BCUT2D eigenvalue weighted by Gasteiger charge is -2.11. The van der Waals surface area contributed by atoms with Gasteiger partial charge in [0.25, 0.3) is 0 Å². The van der Waals surface area contributed by atoms with E-state index in [0.717, 1.165) is 19.4 Å². The molecule has 1 N–H and O–H groups in total. The number of hydrogen-bond donors (Lipinski definition) is 1. The highest BCUT2D eigenvalue weighted by molar-refractivity contribution is 5.90. The molecule has 0 saturated carbocycles. The minimum atomic E-state index is -0.140. The Labute approximate surface area is 123 Å². The van der Waals surface area contributed by atoms with Gasteiger partial charge in [-0.2, -0.15) is 0 Å². The molecule has 0 unspecified atom stereocenters. The summed E-state index contributed by atoms with van der Waals surface area (Å²) < 4.78 is 7.47. The second-order valence-corrected chi connectivity index (χ2v) is 4.64. The van der Waals surface area contributed by atoms with Crippen LogP contribution in [0, 0.1) is 0 Å². The molecule has 0 aliphatic carbocycles. The Morgan fingerprint density at radius 1 is 1.38 bits per heavy atom. The lowest BCUT2D eigenvalue weighted by Crippen LogP contribution is -2.11. The first-order chi connectivity index (χ1) is 10.2. The van der Waals surface area contributed by atoms with Crippen LogP contribution in [0.2, 0.25) is 0 Å². The summed E-state index contributed by atoms with van der Waals surface area (Å²) in [5.41, 5.74) is 0.637. The number of nitrogens with zero attached hydrogens (tertiary/aromatic N) is 4. The zero-order valence-corrected chi connectivity index (χ0v) is 12.2. The molecule has 1 amide bonds. The molecule has 7 heteroatoms. The summed E-state index contributed by atoms with van der Waals surface area (Å²) >= 11 is 0. The zero-order chi connectivity index (χ0) is 15.1. The first-order valence-electron chi connectivity index (χ1n) is 6.95. The van der Waals surface area contributed by atoms with Crippen LogP contribution in [0.15, 0.2) is 24.3 Å². The number of carbonyl (C=O) groups excluding carboxylic acids is 1. The monoisotopic (exact) mass is 289 g/mol. The highest BCUT2D eigenvalue weighted by Crippen LogP contribution is 2.24. The first-order valence-corrected chi connectivity index (χ1v) is 6.95. The highest BCUT2D eigenvalue weighted by Gasteiger charge is 2.09. The molecule has 0 atom stereocenters. The molecule has 7 nitrogen and oxygen atoms in total. The van der Waals surface area contributed by atoms with E-state index >= 15 is 0 Å². The molecule has 0 fully saturated rings. The van der Waals surface area contributed by atoms with Crippen LogP contribution in [0.25, 0.3) is 0 Å². The van der Waals surface area contributed by atoms with Gasteiger partial charge < -0.3 is 10.1 Å². The fourth-order valence-corrected chi connectivity index (χ4v) is 1.84. The van der Waals surface area contributed by atoms with Crippen LogP contribution in [0.4, 0.5) is 5.69 Å². The fourth-order valence-electron chi connectivity index (χ4n) is 1.84. The molecular formula is C14H19N5O2. The Morgan fingerprint density at radius 2 is 2.19 bits per heavy atom. The van der Waals surface area contributed by atoms with Crippen LogP contribution in [0.5, 0.6) is 5.75 Å². The van der Waals surface area contributed by atoms with Crippen LogP contribution in [0.3, 0.4) is 0 Å². The average Bonchev–Trinajstić information content (AvgIpc) is 2.91. The van der Waals surface area contributed by atoms with Gasteiger partial charge in [-0.1, -0.05) is 25.5 Å². The SMILES string of the molecule is CCCCn1nnnc1COc1ccccc1NC(C)=O. The number of hydrogen-bond acceptors (Lipinski definition) is 5. The lowest BCUT2D eigenvalue weighted by molar-refractivity contribution is -0.114. The molecule has 112 valence electrons. The number of rotatable bonds is 7. The standard InChI is InChI=1S/C14H19N5O2/c1-3-4-9-19-14(16-17-18-19)10-21-13-8-6-5-7-12(13)15-11(2)20/h5-8H,3-4,9-10H2,1-2H3,(H,15,20). The van der Waals surface area contributed by atoms with Crippen molar-refractivity contribution in [1.29, 1.82) is 0 Å². The van der Waals surface area contributed by atoms with E-state index in [0.29, 0.717) is 17.3 Å². The molecule has 0 bridgehead atoms. The van der Waals surface area contributed by atoms with Gasteiger partial charge in [-0.25, -0.2) is 4.68 Å². The summed E-state index contributed by atoms with van der Waals surface area (Å²) in [7, 11) is 0. The molecule has 0 aliphatic rings. The van der Waals surface area contributed by atoms with E-state index in [9.17, 15) is 4.79 Å². The van der Waals surface area contributed by atoms with Crippen molar-refractivity contribution < 1.29 is 9.53 Å². The van der Waals surface area contributed by atoms with Crippen LogP contribution < -0.4 is 10.1 Å². The molecule has 2 aromatic rings. The number of ether oxygens (including phenoxy) is 1. The Balaban J connectivity index is 2.03. The van der Waals surface area contributed by atoms with Gasteiger partial charge in [0, 0.05) is 13.5 Å². The lowest BCUT2D eigenvalue weighted by atomic mass is 10.3. The van der Waals surface area contributed by atoms with Crippen LogP contribution in [-0.4, -0.2) is 26.1 Å². The van der Waals surface area contributed by atoms with Crippen molar-refractivity contribution in [3.8, 4) is 5.75 Å². The van der Waals surface area contributed by atoms with E-state index < -0.39 is 0 Å². The number of tetrazole rings is 1. The Hall–Kier alpha value is -2.44. The molecular weight excluding hydrogens is 270 g/mol. The molecule has 1 aromatic carbocycles. The quantitative estimate of drug-likeness (QED) is 0.843. The van der Waals surface area contributed by atoms with E-state index in [1.54, 1.807) is 16.8 Å². The molecule has 21 heavy (non-hydrogen) atoms. The smallest absolute Gasteiger partial charge is 0.221 e. The van der Waals surface area contributed by atoms with E-state index in [1.807, 2.05) is 12.1 Å². The molecule has 0 aliphatic heterocycles. The second-order valence-electron chi connectivity index (χ2n) is 4.64. The van der Waals surface area contributed by atoms with E-state index in [2.05, 4.69) is 27.8 Å². The number of carbonyl (C=O) groups is 1. The Morgan fingerprint density at radius 3 is 2.95 bits per heavy atom. The van der Waals surface area contributed by atoms with Gasteiger partial charge in [0.1, 0.15) is 12.4 Å². The number of unbranched alkanes of at least 4 members (excludes halogenated alkanes) is 1.